The predicted octanol–water partition coefficient (Wildman–Crippen LogP) is 3.67. The quantitative estimate of drug-likeness (QED) is 0.875. The number of hydrogen-bond acceptors (Lipinski definition) is 3. The van der Waals surface area contributed by atoms with E-state index in [-0.39, 0.29) is 29.5 Å². The summed E-state index contributed by atoms with van der Waals surface area (Å²) in [5.74, 6) is 0.931. The predicted molar refractivity (Wildman–Crippen MR) is 89.2 cm³/mol. The summed E-state index contributed by atoms with van der Waals surface area (Å²) in [5, 5.41) is 20.6. The summed E-state index contributed by atoms with van der Waals surface area (Å²) in [6, 6.07) is 0. The summed E-state index contributed by atoms with van der Waals surface area (Å²) in [7, 11) is 0. The average Bonchev–Trinajstić information content (AvgIpc) is 3.04. The number of hydrogen-bond donors (Lipinski definition) is 2. The van der Waals surface area contributed by atoms with Gasteiger partial charge in [-0.25, -0.2) is 0 Å². The van der Waals surface area contributed by atoms with Gasteiger partial charge in [-0.05, 0) is 72.3 Å². The topological polar surface area (TPSA) is 53.6 Å². The van der Waals surface area contributed by atoms with Crippen molar-refractivity contribution in [2.24, 2.45) is 22.7 Å². The van der Waals surface area contributed by atoms with Crippen molar-refractivity contribution in [3.05, 3.63) is 23.7 Å². The first-order valence-electron chi connectivity index (χ1n) is 9.27. The van der Waals surface area contributed by atoms with E-state index in [0.717, 1.165) is 44.9 Å². The Morgan fingerprint density at radius 1 is 1.04 bits per heavy atom. The Kier molecular flexibility index (Phi) is 3.48. The van der Waals surface area contributed by atoms with Crippen molar-refractivity contribution in [3.8, 4) is 0 Å². The molecule has 1 heterocycles. The molecule has 5 atom stereocenters. The maximum Gasteiger partial charge on any atom is 0.0943 e. The molecular weight excluding hydrogens is 288 g/mol. The molecule has 4 rings (SSSR count). The summed E-state index contributed by atoms with van der Waals surface area (Å²) in [6.45, 7) is 5.15. The first-order valence-corrected chi connectivity index (χ1v) is 9.27. The van der Waals surface area contributed by atoms with Crippen LogP contribution in [0.25, 0.3) is 0 Å². The number of aryl methyl sites for hydroxylation is 1. The average molecular weight is 318 g/mol. The van der Waals surface area contributed by atoms with E-state index in [0.29, 0.717) is 11.8 Å². The van der Waals surface area contributed by atoms with E-state index in [1.165, 1.54) is 11.1 Å². The van der Waals surface area contributed by atoms with E-state index in [4.69, 9.17) is 4.42 Å². The molecule has 0 aliphatic heterocycles. The molecule has 0 unspecified atom stereocenters. The molecule has 3 nitrogen and oxygen atoms in total. The van der Waals surface area contributed by atoms with Gasteiger partial charge in [0.25, 0.3) is 0 Å². The molecule has 0 radical (unpaired) electrons. The standard InChI is InChI=1S/C20H30O3/c1-18(12-21)7-3-8-20(13-22)16(18)6-9-19(2)15-11-23-10-14(15)4-5-17(19)20/h10-11,16-17,21-22H,3-9,12-13H2,1-2H3/t16-,17-,18+,19-,20+/m0/s1. The fourth-order valence-electron chi connectivity index (χ4n) is 6.90. The van der Waals surface area contributed by atoms with Crippen molar-refractivity contribution in [1.29, 1.82) is 0 Å². The molecule has 0 spiro atoms. The fraction of sp³-hybridized carbons (Fsp3) is 0.800. The molecule has 3 aliphatic rings. The minimum Gasteiger partial charge on any atom is -0.472 e. The normalized spacial score (nSPS) is 45.9. The SMILES string of the molecule is C[C@]1(CO)CCC[C@]2(CO)[C@H]3CCc4cocc4[C@]3(C)CC[C@@H]12. The van der Waals surface area contributed by atoms with E-state index in [2.05, 4.69) is 13.8 Å². The molecular formula is C20H30O3. The Hall–Kier alpha value is -0.800. The minimum atomic E-state index is -0.0301. The molecule has 3 aliphatic carbocycles. The molecule has 3 heteroatoms. The zero-order valence-electron chi connectivity index (χ0n) is 14.5. The highest BCUT2D eigenvalue weighted by Gasteiger charge is 2.62. The van der Waals surface area contributed by atoms with Gasteiger partial charge in [0.15, 0.2) is 0 Å². The number of aliphatic hydroxyl groups excluding tert-OH is 2. The summed E-state index contributed by atoms with van der Waals surface area (Å²) in [4.78, 5) is 0. The van der Waals surface area contributed by atoms with E-state index < -0.39 is 0 Å². The summed E-state index contributed by atoms with van der Waals surface area (Å²) in [5.41, 5.74) is 2.82. The van der Waals surface area contributed by atoms with Crippen LogP contribution in [0.1, 0.15) is 63.5 Å². The Labute approximate surface area is 139 Å². The number of furan rings is 1. The van der Waals surface area contributed by atoms with E-state index in [1.807, 2.05) is 12.5 Å². The van der Waals surface area contributed by atoms with Crippen LogP contribution < -0.4 is 0 Å². The van der Waals surface area contributed by atoms with Gasteiger partial charge in [0.05, 0.1) is 12.5 Å². The molecule has 128 valence electrons. The van der Waals surface area contributed by atoms with Crippen LogP contribution in [-0.2, 0) is 11.8 Å². The third-order valence-electron chi connectivity index (χ3n) is 8.06. The lowest BCUT2D eigenvalue weighted by Gasteiger charge is -2.64. The van der Waals surface area contributed by atoms with Gasteiger partial charge in [-0.2, -0.15) is 0 Å². The third kappa shape index (κ3) is 1.90. The van der Waals surface area contributed by atoms with Crippen molar-refractivity contribution >= 4 is 0 Å². The lowest BCUT2D eigenvalue weighted by atomic mass is 9.40. The van der Waals surface area contributed by atoms with E-state index >= 15 is 0 Å². The maximum absolute atomic E-state index is 10.6. The van der Waals surface area contributed by atoms with Crippen LogP contribution in [0.15, 0.2) is 16.9 Å². The van der Waals surface area contributed by atoms with Gasteiger partial charge in [0, 0.05) is 18.6 Å². The minimum absolute atomic E-state index is 0.0288. The molecule has 2 saturated carbocycles. The summed E-state index contributed by atoms with van der Waals surface area (Å²) >= 11 is 0. The lowest BCUT2D eigenvalue weighted by molar-refractivity contribution is -0.160. The summed E-state index contributed by atoms with van der Waals surface area (Å²) in [6.07, 6.45) is 11.7. The second-order valence-corrected chi connectivity index (χ2v) is 8.97. The number of fused-ring (bicyclic) bond motifs is 5. The molecule has 1 aromatic rings. The zero-order valence-corrected chi connectivity index (χ0v) is 14.5. The Bertz CT molecular complexity index is 593. The van der Waals surface area contributed by atoms with Crippen LogP contribution in [-0.4, -0.2) is 23.4 Å². The van der Waals surface area contributed by atoms with Crippen molar-refractivity contribution < 1.29 is 14.6 Å². The number of aliphatic hydroxyl groups is 2. The molecule has 2 N–H and O–H groups in total. The smallest absolute Gasteiger partial charge is 0.0943 e. The monoisotopic (exact) mass is 318 g/mol. The van der Waals surface area contributed by atoms with Crippen LogP contribution in [0.2, 0.25) is 0 Å². The van der Waals surface area contributed by atoms with Crippen molar-refractivity contribution in [2.45, 2.75) is 64.2 Å². The zero-order chi connectivity index (χ0) is 16.3. The second-order valence-electron chi connectivity index (χ2n) is 8.97. The highest BCUT2D eigenvalue weighted by Crippen LogP contribution is 2.66. The van der Waals surface area contributed by atoms with Gasteiger partial charge in [-0.15, -0.1) is 0 Å². The van der Waals surface area contributed by atoms with Crippen molar-refractivity contribution in [2.75, 3.05) is 13.2 Å². The molecule has 2 fully saturated rings. The Morgan fingerprint density at radius 3 is 2.61 bits per heavy atom. The van der Waals surface area contributed by atoms with Gasteiger partial charge < -0.3 is 14.6 Å². The van der Waals surface area contributed by atoms with E-state index in [9.17, 15) is 10.2 Å². The van der Waals surface area contributed by atoms with Crippen molar-refractivity contribution in [1.82, 2.24) is 0 Å². The molecule has 0 saturated heterocycles. The second kappa shape index (κ2) is 5.10. The first kappa shape index (κ1) is 15.7. The lowest BCUT2D eigenvalue weighted by Crippen LogP contribution is -2.61. The number of rotatable bonds is 2. The molecule has 0 bridgehead atoms. The largest absolute Gasteiger partial charge is 0.472 e. The van der Waals surface area contributed by atoms with Crippen LogP contribution in [0, 0.1) is 22.7 Å². The van der Waals surface area contributed by atoms with Crippen molar-refractivity contribution in [3.63, 3.8) is 0 Å². The molecule has 0 aromatic carbocycles. The fourth-order valence-corrected chi connectivity index (χ4v) is 6.90. The highest BCUT2D eigenvalue weighted by molar-refractivity contribution is 5.36. The summed E-state index contributed by atoms with van der Waals surface area (Å²) < 4.78 is 5.54. The van der Waals surface area contributed by atoms with Gasteiger partial charge in [-0.3, -0.25) is 0 Å². The van der Waals surface area contributed by atoms with Crippen LogP contribution >= 0.6 is 0 Å². The first-order chi connectivity index (χ1) is 11.0. The van der Waals surface area contributed by atoms with Gasteiger partial charge in [0.2, 0.25) is 0 Å². The third-order valence-corrected chi connectivity index (χ3v) is 8.06. The van der Waals surface area contributed by atoms with E-state index in [1.54, 1.807) is 0 Å². The Balaban J connectivity index is 1.81. The highest BCUT2D eigenvalue weighted by atomic mass is 16.3. The molecule has 1 aromatic heterocycles. The van der Waals surface area contributed by atoms with Gasteiger partial charge >= 0.3 is 0 Å². The van der Waals surface area contributed by atoms with Crippen LogP contribution in [0.3, 0.4) is 0 Å². The van der Waals surface area contributed by atoms with Crippen LogP contribution in [0.4, 0.5) is 0 Å². The van der Waals surface area contributed by atoms with Gasteiger partial charge in [-0.1, -0.05) is 20.3 Å². The van der Waals surface area contributed by atoms with Crippen LogP contribution in [0.5, 0.6) is 0 Å². The molecule has 23 heavy (non-hydrogen) atoms. The Morgan fingerprint density at radius 2 is 1.87 bits per heavy atom. The molecule has 0 amide bonds. The van der Waals surface area contributed by atoms with Gasteiger partial charge in [0.1, 0.15) is 0 Å². The maximum atomic E-state index is 10.6.